The molecule has 31 heavy (non-hydrogen) atoms. The lowest BCUT2D eigenvalue weighted by Crippen LogP contribution is -2.48. The van der Waals surface area contributed by atoms with Crippen LogP contribution in [-0.4, -0.2) is 53.8 Å². The maximum atomic E-state index is 12.9. The SMILES string of the molecule is O=c1[nH]c(CN2CCN(S(=O)(=O)c3ccc(Cl)c(Cl)c3)CC2)nc2sc3c(c12)CCC3. The molecule has 0 bridgehead atoms. The number of benzene rings is 1. The van der Waals surface area contributed by atoms with E-state index in [1.807, 2.05) is 0 Å². The molecule has 0 radical (unpaired) electrons. The number of nitrogens with one attached hydrogen (secondary N) is 1. The van der Waals surface area contributed by atoms with E-state index in [9.17, 15) is 13.2 Å². The second-order valence-electron chi connectivity index (χ2n) is 7.81. The maximum Gasteiger partial charge on any atom is 0.259 e. The summed E-state index contributed by atoms with van der Waals surface area (Å²) in [4.78, 5) is 24.6. The third kappa shape index (κ3) is 3.92. The van der Waals surface area contributed by atoms with E-state index >= 15 is 0 Å². The van der Waals surface area contributed by atoms with Crippen LogP contribution >= 0.6 is 34.5 Å². The lowest BCUT2D eigenvalue weighted by atomic mass is 10.2. The minimum Gasteiger partial charge on any atom is -0.309 e. The van der Waals surface area contributed by atoms with Crippen LogP contribution in [0.5, 0.6) is 0 Å². The second kappa shape index (κ2) is 8.13. The van der Waals surface area contributed by atoms with Gasteiger partial charge in [0.05, 0.1) is 26.9 Å². The Kier molecular flexibility index (Phi) is 5.60. The Morgan fingerprint density at radius 2 is 1.87 bits per heavy atom. The van der Waals surface area contributed by atoms with E-state index in [0.29, 0.717) is 43.6 Å². The van der Waals surface area contributed by atoms with Crippen LogP contribution in [0.2, 0.25) is 10.0 Å². The van der Waals surface area contributed by atoms with Gasteiger partial charge in [-0.2, -0.15) is 4.31 Å². The van der Waals surface area contributed by atoms with E-state index in [-0.39, 0.29) is 15.5 Å². The molecule has 1 fully saturated rings. The highest BCUT2D eigenvalue weighted by Gasteiger charge is 2.29. The van der Waals surface area contributed by atoms with Crippen molar-refractivity contribution in [2.24, 2.45) is 0 Å². The highest BCUT2D eigenvalue weighted by molar-refractivity contribution is 7.89. The van der Waals surface area contributed by atoms with E-state index in [0.717, 1.165) is 29.5 Å². The van der Waals surface area contributed by atoms with E-state index < -0.39 is 10.0 Å². The van der Waals surface area contributed by atoms with E-state index in [2.05, 4.69) is 14.9 Å². The highest BCUT2D eigenvalue weighted by atomic mass is 35.5. The van der Waals surface area contributed by atoms with Crippen molar-refractivity contribution in [1.82, 2.24) is 19.2 Å². The predicted octanol–water partition coefficient (Wildman–Crippen LogP) is 3.29. The largest absolute Gasteiger partial charge is 0.309 e. The Balaban J connectivity index is 1.29. The van der Waals surface area contributed by atoms with Crippen LogP contribution in [0.25, 0.3) is 10.2 Å². The van der Waals surface area contributed by atoms with Gasteiger partial charge < -0.3 is 4.98 Å². The first-order chi connectivity index (χ1) is 14.8. The van der Waals surface area contributed by atoms with Gasteiger partial charge in [0.25, 0.3) is 5.56 Å². The van der Waals surface area contributed by atoms with E-state index in [4.69, 9.17) is 23.2 Å². The van der Waals surface area contributed by atoms with Crippen molar-refractivity contribution < 1.29 is 8.42 Å². The highest BCUT2D eigenvalue weighted by Crippen LogP contribution is 2.34. The first-order valence-electron chi connectivity index (χ1n) is 10.0. The number of hydrogen-bond donors (Lipinski definition) is 1. The molecule has 0 spiro atoms. The van der Waals surface area contributed by atoms with Gasteiger partial charge in [-0.05, 0) is 43.0 Å². The topological polar surface area (TPSA) is 86.4 Å². The van der Waals surface area contributed by atoms with Gasteiger partial charge in [0.1, 0.15) is 10.7 Å². The van der Waals surface area contributed by atoms with Crippen molar-refractivity contribution in [1.29, 1.82) is 0 Å². The van der Waals surface area contributed by atoms with Gasteiger partial charge in [-0.1, -0.05) is 23.2 Å². The number of fused-ring (bicyclic) bond motifs is 3. The van der Waals surface area contributed by atoms with Gasteiger partial charge in [0.2, 0.25) is 10.0 Å². The van der Waals surface area contributed by atoms with Gasteiger partial charge in [0, 0.05) is 31.1 Å². The summed E-state index contributed by atoms with van der Waals surface area (Å²) >= 11 is 13.5. The molecule has 1 N–H and O–H groups in total. The molecule has 5 rings (SSSR count). The molecule has 1 aliphatic heterocycles. The Morgan fingerprint density at radius 3 is 2.61 bits per heavy atom. The number of aromatic amines is 1. The van der Waals surface area contributed by atoms with Gasteiger partial charge in [-0.25, -0.2) is 13.4 Å². The maximum absolute atomic E-state index is 12.9. The van der Waals surface area contributed by atoms with Gasteiger partial charge in [-0.3, -0.25) is 9.69 Å². The summed E-state index contributed by atoms with van der Waals surface area (Å²) in [6.07, 6.45) is 3.09. The molecule has 2 aliphatic rings. The molecule has 0 atom stereocenters. The molecule has 11 heteroatoms. The number of rotatable bonds is 4. The molecule has 1 aromatic carbocycles. The normalized spacial score (nSPS) is 18.0. The fourth-order valence-corrected chi connectivity index (χ4v) is 7.34. The van der Waals surface area contributed by atoms with Crippen molar-refractivity contribution >= 4 is 54.8 Å². The number of aryl methyl sites for hydroxylation is 2. The number of thiophene rings is 1. The average molecular weight is 499 g/mol. The Hall–Kier alpha value is -1.49. The van der Waals surface area contributed by atoms with Crippen LogP contribution in [-0.2, 0) is 29.4 Å². The molecule has 2 aromatic heterocycles. The van der Waals surface area contributed by atoms with Crippen LogP contribution in [0, 0.1) is 0 Å². The Morgan fingerprint density at radius 1 is 1.10 bits per heavy atom. The van der Waals surface area contributed by atoms with Crippen LogP contribution in [0.1, 0.15) is 22.7 Å². The molecule has 164 valence electrons. The second-order valence-corrected chi connectivity index (χ2v) is 11.6. The van der Waals surface area contributed by atoms with Crippen molar-refractivity contribution in [2.45, 2.75) is 30.7 Å². The smallest absolute Gasteiger partial charge is 0.259 e. The zero-order valence-electron chi connectivity index (χ0n) is 16.5. The third-order valence-electron chi connectivity index (χ3n) is 5.86. The van der Waals surface area contributed by atoms with Crippen molar-refractivity contribution in [2.75, 3.05) is 26.2 Å². The van der Waals surface area contributed by atoms with Crippen molar-refractivity contribution in [3.8, 4) is 0 Å². The first kappa shape index (κ1) is 21.4. The van der Waals surface area contributed by atoms with Gasteiger partial charge in [-0.15, -0.1) is 11.3 Å². The van der Waals surface area contributed by atoms with Gasteiger partial charge >= 0.3 is 0 Å². The van der Waals surface area contributed by atoms with E-state index in [1.54, 1.807) is 11.3 Å². The van der Waals surface area contributed by atoms with E-state index in [1.165, 1.54) is 32.9 Å². The average Bonchev–Trinajstić information content (AvgIpc) is 3.31. The molecular weight excluding hydrogens is 479 g/mol. The number of nitrogens with zero attached hydrogens (tertiary/aromatic N) is 3. The standard InChI is InChI=1S/C20H20Cl2N4O3S2/c21-14-5-4-12(10-15(14)22)31(28,29)26-8-6-25(7-9-26)11-17-23-19(27)18-13-2-1-3-16(13)30-20(18)24-17/h4-5,10H,1-3,6-9,11H2,(H,23,24,27). The lowest BCUT2D eigenvalue weighted by molar-refractivity contribution is 0.178. The summed E-state index contributed by atoms with van der Waals surface area (Å²) in [6, 6.07) is 4.34. The number of sulfonamides is 1. The molecule has 1 saturated heterocycles. The lowest BCUT2D eigenvalue weighted by Gasteiger charge is -2.33. The fourth-order valence-electron chi connectivity index (χ4n) is 4.25. The number of piperazine rings is 1. The van der Waals surface area contributed by atoms with Crippen molar-refractivity contribution in [3.63, 3.8) is 0 Å². The minimum absolute atomic E-state index is 0.0692. The summed E-state index contributed by atoms with van der Waals surface area (Å²) < 4.78 is 27.3. The summed E-state index contributed by atoms with van der Waals surface area (Å²) in [5.74, 6) is 0.623. The quantitative estimate of drug-likeness (QED) is 0.596. The van der Waals surface area contributed by atoms with Crippen LogP contribution in [0.3, 0.4) is 0 Å². The monoisotopic (exact) mass is 498 g/mol. The number of aromatic nitrogens is 2. The molecule has 3 heterocycles. The van der Waals surface area contributed by atoms with Crippen LogP contribution < -0.4 is 5.56 Å². The summed E-state index contributed by atoms with van der Waals surface area (Å²) in [5.41, 5.74) is 1.10. The van der Waals surface area contributed by atoms with Crippen LogP contribution in [0.4, 0.5) is 0 Å². The zero-order chi connectivity index (χ0) is 21.8. The first-order valence-corrected chi connectivity index (χ1v) is 13.0. The number of H-pyrrole nitrogens is 1. The third-order valence-corrected chi connectivity index (χ3v) is 9.68. The molecule has 0 amide bonds. The Labute approximate surface area is 193 Å². The molecule has 0 saturated carbocycles. The Bertz CT molecular complexity index is 1330. The zero-order valence-corrected chi connectivity index (χ0v) is 19.7. The minimum atomic E-state index is -3.64. The van der Waals surface area contributed by atoms with Crippen LogP contribution in [0.15, 0.2) is 27.9 Å². The molecule has 3 aromatic rings. The van der Waals surface area contributed by atoms with Gasteiger partial charge in [0.15, 0.2) is 0 Å². The molecule has 0 unspecified atom stereocenters. The molecular formula is C20H20Cl2N4O3S2. The summed E-state index contributed by atoms with van der Waals surface area (Å²) in [6.45, 7) is 2.27. The summed E-state index contributed by atoms with van der Waals surface area (Å²) in [5, 5.41) is 1.28. The number of halogens is 2. The summed E-state index contributed by atoms with van der Waals surface area (Å²) in [7, 11) is -3.64. The number of hydrogen-bond acceptors (Lipinski definition) is 6. The molecule has 7 nitrogen and oxygen atoms in total. The molecule has 1 aliphatic carbocycles. The predicted molar refractivity (Wildman–Crippen MR) is 123 cm³/mol. The van der Waals surface area contributed by atoms with Crippen molar-refractivity contribution in [3.05, 3.63) is 54.9 Å². The fraction of sp³-hybridized carbons (Fsp3) is 0.400.